The Morgan fingerprint density at radius 3 is 2.41 bits per heavy atom. The molecule has 3 N–H and O–H groups in total. The van der Waals surface area contributed by atoms with Crippen LogP contribution in [0.5, 0.6) is 6.01 Å². The molecule has 1 aromatic heterocycles. The average molecular weight is 240 g/mol. The molecule has 7 nitrogen and oxygen atoms in total. The smallest absolute Gasteiger partial charge is 0.323 e. The van der Waals surface area contributed by atoms with Gasteiger partial charge in [-0.3, -0.25) is 5.43 Å². The number of nitrogens with two attached hydrogens (primary N) is 1. The van der Waals surface area contributed by atoms with Crippen LogP contribution in [0.3, 0.4) is 0 Å². The zero-order valence-corrected chi connectivity index (χ0v) is 11.0. The van der Waals surface area contributed by atoms with Gasteiger partial charge < -0.3 is 9.64 Å². The Bertz CT molecular complexity index is 379. The van der Waals surface area contributed by atoms with E-state index in [4.69, 9.17) is 10.6 Å². The highest BCUT2D eigenvalue weighted by Crippen LogP contribution is 2.19. The van der Waals surface area contributed by atoms with Crippen molar-refractivity contribution >= 4 is 11.9 Å². The number of hydrazine groups is 1. The number of nitrogens with one attached hydrogen (secondary N) is 1. The molecule has 0 aliphatic rings. The lowest BCUT2D eigenvalue weighted by Crippen LogP contribution is -2.29. The zero-order chi connectivity index (χ0) is 13.1. The monoisotopic (exact) mass is 240 g/mol. The molecule has 7 heteroatoms. The first-order valence-corrected chi connectivity index (χ1v) is 5.47. The normalized spacial score (nSPS) is 11.2. The van der Waals surface area contributed by atoms with Gasteiger partial charge in [-0.2, -0.15) is 15.0 Å². The van der Waals surface area contributed by atoms with E-state index >= 15 is 0 Å². The highest BCUT2D eigenvalue weighted by Gasteiger charge is 2.20. The minimum Gasteiger partial charge on any atom is -0.457 e. The molecule has 0 saturated heterocycles. The minimum absolute atomic E-state index is 0.267. The summed E-state index contributed by atoms with van der Waals surface area (Å²) < 4.78 is 5.70. The van der Waals surface area contributed by atoms with Crippen molar-refractivity contribution in [3.63, 3.8) is 0 Å². The van der Waals surface area contributed by atoms with Gasteiger partial charge in [0.1, 0.15) is 5.60 Å². The van der Waals surface area contributed by atoms with Crippen LogP contribution in [0.2, 0.25) is 0 Å². The van der Waals surface area contributed by atoms with E-state index in [0.717, 1.165) is 6.42 Å². The highest BCUT2D eigenvalue weighted by atomic mass is 16.5. The molecule has 0 bridgehead atoms. The van der Waals surface area contributed by atoms with Crippen molar-refractivity contribution in [2.75, 3.05) is 24.4 Å². The van der Waals surface area contributed by atoms with Gasteiger partial charge >= 0.3 is 6.01 Å². The second-order valence-corrected chi connectivity index (χ2v) is 4.50. The molecule has 0 atom stereocenters. The Morgan fingerprint density at radius 1 is 1.29 bits per heavy atom. The fourth-order valence-electron chi connectivity index (χ4n) is 0.975. The van der Waals surface area contributed by atoms with Crippen LogP contribution in [-0.2, 0) is 0 Å². The third-order valence-electron chi connectivity index (χ3n) is 2.35. The number of aromatic nitrogens is 3. The van der Waals surface area contributed by atoms with Crippen molar-refractivity contribution in [2.24, 2.45) is 5.84 Å². The molecule has 0 aromatic carbocycles. The third kappa shape index (κ3) is 3.70. The molecule has 0 fully saturated rings. The summed E-state index contributed by atoms with van der Waals surface area (Å²) in [5.41, 5.74) is 2.07. The lowest BCUT2D eigenvalue weighted by molar-refractivity contribution is 0.0925. The van der Waals surface area contributed by atoms with Crippen LogP contribution in [0.25, 0.3) is 0 Å². The predicted octanol–water partition coefficient (Wildman–Crippen LogP) is 0.791. The van der Waals surface area contributed by atoms with Gasteiger partial charge in [0.05, 0.1) is 0 Å². The minimum atomic E-state index is -0.323. The SMILES string of the molecule is CCC(C)(C)Oc1nc(NN)nc(N(C)C)n1. The second kappa shape index (κ2) is 5.13. The van der Waals surface area contributed by atoms with Gasteiger partial charge in [-0.25, -0.2) is 5.84 Å². The summed E-state index contributed by atoms with van der Waals surface area (Å²) in [7, 11) is 3.68. The maximum atomic E-state index is 5.70. The molecule has 17 heavy (non-hydrogen) atoms. The fraction of sp³-hybridized carbons (Fsp3) is 0.700. The van der Waals surface area contributed by atoms with Crippen molar-refractivity contribution in [1.29, 1.82) is 0 Å². The van der Waals surface area contributed by atoms with E-state index in [-0.39, 0.29) is 17.6 Å². The standard InChI is InChI=1S/C10H20N6O/c1-6-10(2,3)17-9-13-7(15-11)12-8(14-9)16(4)5/h6,11H2,1-5H3,(H,12,13,14,15). The Balaban J connectivity index is 3.03. The molecule has 0 radical (unpaired) electrons. The summed E-state index contributed by atoms with van der Waals surface area (Å²) in [5.74, 6) is 6.09. The van der Waals surface area contributed by atoms with Crippen LogP contribution < -0.4 is 20.9 Å². The summed E-state index contributed by atoms with van der Waals surface area (Å²) >= 11 is 0. The third-order valence-corrected chi connectivity index (χ3v) is 2.35. The maximum Gasteiger partial charge on any atom is 0.323 e. The van der Waals surface area contributed by atoms with Gasteiger partial charge in [-0.15, -0.1) is 0 Å². The lowest BCUT2D eigenvalue weighted by Gasteiger charge is -2.23. The maximum absolute atomic E-state index is 5.70. The summed E-state index contributed by atoms with van der Waals surface area (Å²) in [6.45, 7) is 5.99. The summed E-state index contributed by atoms with van der Waals surface area (Å²) in [4.78, 5) is 14.1. The first-order chi connectivity index (χ1) is 7.88. The number of rotatable bonds is 5. The van der Waals surface area contributed by atoms with E-state index < -0.39 is 0 Å². The van der Waals surface area contributed by atoms with Gasteiger partial charge in [-0.1, -0.05) is 6.92 Å². The van der Waals surface area contributed by atoms with Crippen LogP contribution in [0, 0.1) is 0 Å². The molecule has 0 aliphatic heterocycles. The molecule has 0 unspecified atom stereocenters. The Morgan fingerprint density at radius 2 is 1.94 bits per heavy atom. The number of anilines is 2. The predicted molar refractivity (Wildman–Crippen MR) is 67.0 cm³/mol. The quantitative estimate of drug-likeness (QED) is 0.581. The van der Waals surface area contributed by atoms with Gasteiger partial charge in [0, 0.05) is 14.1 Å². The summed E-state index contributed by atoms with van der Waals surface area (Å²) in [6, 6.07) is 0.267. The van der Waals surface area contributed by atoms with Crippen molar-refractivity contribution in [2.45, 2.75) is 32.8 Å². The van der Waals surface area contributed by atoms with Crippen LogP contribution in [0.1, 0.15) is 27.2 Å². The molecule has 0 spiro atoms. The molecule has 1 heterocycles. The van der Waals surface area contributed by atoms with E-state index in [2.05, 4.69) is 20.4 Å². The molecule has 0 saturated carbocycles. The first-order valence-electron chi connectivity index (χ1n) is 5.47. The van der Waals surface area contributed by atoms with Crippen LogP contribution in [-0.4, -0.2) is 34.6 Å². The van der Waals surface area contributed by atoms with Crippen LogP contribution in [0.4, 0.5) is 11.9 Å². The number of hydrogen-bond donors (Lipinski definition) is 2. The number of hydrogen-bond acceptors (Lipinski definition) is 7. The average Bonchev–Trinajstić information content (AvgIpc) is 2.28. The molecule has 96 valence electrons. The molecule has 0 aliphatic carbocycles. The highest BCUT2D eigenvalue weighted by molar-refractivity contribution is 5.36. The molecule has 1 aromatic rings. The van der Waals surface area contributed by atoms with Gasteiger partial charge in [0.25, 0.3) is 0 Å². The number of nitrogen functional groups attached to an aromatic ring is 1. The van der Waals surface area contributed by atoms with E-state index in [1.54, 1.807) is 4.90 Å². The Labute approximate surface area is 101 Å². The van der Waals surface area contributed by atoms with Gasteiger partial charge in [0.2, 0.25) is 11.9 Å². The largest absolute Gasteiger partial charge is 0.457 e. The molecular weight excluding hydrogens is 220 g/mol. The van der Waals surface area contributed by atoms with E-state index in [9.17, 15) is 0 Å². The van der Waals surface area contributed by atoms with Gasteiger partial charge in [0.15, 0.2) is 0 Å². The van der Waals surface area contributed by atoms with E-state index in [1.165, 1.54) is 0 Å². The van der Waals surface area contributed by atoms with Crippen LogP contribution >= 0.6 is 0 Å². The summed E-state index contributed by atoms with van der Waals surface area (Å²) in [5, 5.41) is 0. The topological polar surface area (TPSA) is 89.2 Å². The second-order valence-electron chi connectivity index (χ2n) is 4.50. The Hall–Kier alpha value is -1.63. The van der Waals surface area contributed by atoms with Gasteiger partial charge in [-0.05, 0) is 20.3 Å². The van der Waals surface area contributed by atoms with Crippen molar-refractivity contribution in [1.82, 2.24) is 15.0 Å². The van der Waals surface area contributed by atoms with Crippen LogP contribution in [0.15, 0.2) is 0 Å². The zero-order valence-electron chi connectivity index (χ0n) is 11.0. The number of ether oxygens (including phenoxy) is 1. The fourth-order valence-corrected chi connectivity index (χ4v) is 0.975. The summed E-state index contributed by atoms with van der Waals surface area (Å²) in [6.07, 6.45) is 0.849. The molecular formula is C10H20N6O. The Kier molecular flexibility index (Phi) is 4.06. The lowest BCUT2D eigenvalue weighted by atomic mass is 10.1. The number of nitrogens with zero attached hydrogens (tertiary/aromatic N) is 4. The first kappa shape index (κ1) is 13.4. The van der Waals surface area contributed by atoms with Crippen molar-refractivity contribution < 1.29 is 4.74 Å². The van der Waals surface area contributed by atoms with Crippen molar-refractivity contribution in [3.05, 3.63) is 0 Å². The van der Waals surface area contributed by atoms with E-state index in [1.807, 2.05) is 34.9 Å². The molecule has 1 rings (SSSR count). The van der Waals surface area contributed by atoms with E-state index in [0.29, 0.717) is 5.95 Å². The molecule has 0 amide bonds. The van der Waals surface area contributed by atoms with Crippen molar-refractivity contribution in [3.8, 4) is 6.01 Å².